The number of carbonyl (C=O) groups is 1. The average molecular weight is 462 g/mol. The normalized spacial score (nSPS) is 23.7. The van der Waals surface area contributed by atoms with Gasteiger partial charge in [-0.05, 0) is 50.5 Å². The van der Waals surface area contributed by atoms with Gasteiger partial charge in [-0.2, -0.15) is 0 Å². The molecule has 170 valence electrons. The highest BCUT2D eigenvalue weighted by molar-refractivity contribution is 6.34. The van der Waals surface area contributed by atoms with Gasteiger partial charge in [0.15, 0.2) is 5.96 Å². The van der Waals surface area contributed by atoms with Crippen molar-refractivity contribution in [3.05, 3.63) is 52.8 Å². The number of nitrogens with one attached hydrogen (secondary N) is 3. The van der Waals surface area contributed by atoms with Gasteiger partial charge in [0.05, 0.1) is 34.6 Å². The zero-order chi connectivity index (χ0) is 23.1. The van der Waals surface area contributed by atoms with Crippen LogP contribution in [0, 0.1) is 12.3 Å². The fourth-order valence-corrected chi connectivity index (χ4v) is 4.84. The van der Waals surface area contributed by atoms with E-state index in [0.717, 1.165) is 11.4 Å². The van der Waals surface area contributed by atoms with Gasteiger partial charge in [-0.1, -0.05) is 23.7 Å². The molecule has 0 unspecified atom stereocenters. The van der Waals surface area contributed by atoms with E-state index in [1.807, 2.05) is 44.2 Å². The molecule has 1 amide bonds. The first-order valence-corrected chi connectivity index (χ1v) is 11.0. The van der Waals surface area contributed by atoms with E-state index in [1.54, 1.807) is 6.20 Å². The second-order valence-corrected chi connectivity index (χ2v) is 9.19. The molecular formula is C23H26ClF2N5O. The summed E-state index contributed by atoms with van der Waals surface area (Å²) in [5.41, 5.74) is 2.12. The first kappa shape index (κ1) is 22.5. The van der Waals surface area contributed by atoms with Gasteiger partial charge in [0.25, 0.3) is 0 Å². The van der Waals surface area contributed by atoms with Crippen molar-refractivity contribution in [2.24, 2.45) is 0 Å². The van der Waals surface area contributed by atoms with Crippen LogP contribution < -0.4 is 10.6 Å². The fourth-order valence-electron chi connectivity index (χ4n) is 4.46. The first-order valence-electron chi connectivity index (χ1n) is 10.6. The molecule has 32 heavy (non-hydrogen) atoms. The topological polar surface area (TPSA) is 81.1 Å². The highest BCUT2D eigenvalue weighted by Gasteiger charge is 2.45. The monoisotopic (exact) mass is 461 g/mol. The van der Waals surface area contributed by atoms with Crippen LogP contribution in [0.25, 0.3) is 0 Å². The maximum Gasteiger partial charge on any atom is 0.248 e. The Hall–Kier alpha value is -2.74. The number of hydrogen-bond donors (Lipinski definition) is 3. The molecule has 2 aromatic rings. The maximum absolute atomic E-state index is 13.5. The number of alkyl halides is 2. The number of aromatic nitrogens is 1. The summed E-state index contributed by atoms with van der Waals surface area (Å²) in [6, 6.07) is 8.90. The number of pyridine rings is 1. The molecule has 0 bridgehead atoms. The predicted molar refractivity (Wildman–Crippen MR) is 121 cm³/mol. The molecule has 3 N–H and O–H groups in total. The second kappa shape index (κ2) is 8.31. The number of nitrogens with zero attached hydrogens (tertiary/aromatic N) is 2. The van der Waals surface area contributed by atoms with Crippen LogP contribution in [-0.2, 0) is 10.3 Å². The lowest BCUT2D eigenvalue weighted by Crippen LogP contribution is -2.62. The lowest BCUT2D eigenvalue weighted by Gasteiger charge is -2.45. The third kappa shape index (κ3) is 4.41. The van der Waals surface area contributed by atoms with Crippen molar-refractivity contribution >= 4 is 34.8 Å². The van der Waals surface area contributed by atoms with Crippen LogP contribution in [0.15, 0.2) is 36.5 Å². The molecule has 1 aliphatic carbocycles. The number of rotatable bonds is 4. The standard InChI is InChI=1S/C23H26ClF2N5O/c1-14-6-7-15(13-28-14)29-18-5-3-4-17(20(18)24)22(2)12-19(32)31(21(27)30-22)16-8-10-23(25,26)11-9-16/h3-7,13,16,29H,8-12H2,1-2H3,(H2,27,30)/t22-/m0/s1. The molecule has 1 saturated carbocycles. The van der Waals surface area contributed by atoms with Crippen LogP contribution in [0.3, 0.4) is 0 Å². The molecule has 9 heteroatoms. The van der Waals surface area contributed by atoms with E-state index in [-0.39, 0.29) is 50.0 Å². The van der Waals surface area contributed by atoms with Crippen LogP contribution in [0.1, 0.15) is 50.3 Å². The Kier molecular flexibility index (Phi) is 5.83. The smallest absolute Gasteiger partial charge is 0.248 e. The lowest BCUT2D eigenvalue weighted by molar-refractivity contribution is -0.134. The van der Waals surface area contributed by atoms with Gasteiger partial charge in [-0.25, -0.2) is 8.78 Å². The fraction of sp³-hybridized carbons (Fsp3) is 0.435. The zero-order valence-corrected chi connectivity index (χ0v) is 18.8. The number of aryl methyl sites for hydroxylation is 1. The maximum atomic E-state index is 13.5. The lowest BCUT2D eigenvalue weighted by atomic mass is 9.84. The summed E-state index contributed by atoms with van der Waals surface area (Å²) in [6.07, 6.45) is 1.62. The second-order valence-electron chi connectivity index (χ2n) is 8.81. The van der Waals surface area contributed by atoms with E-state index in [4.69, 9.17) is 17.0 Å². The number of anilines is 2. The van der Waals surface area contributed by atoms with Crippen molar-refractivity contribution in [2.45, 2.75) is 63.5 Å². The summed E-state index contributed by atoms with van der Waals surface area (Å²) in [5, 5.41) is 15.3. The van der Waals surface area contributed by atoms with Gasteiger partial charge in [-0.3, -0.25) is 20.1 Å². The number of carbonyl (C=O) groups excluding carboxylic acids is 1. The van der Waals surface area contributed by atoms with Crippen LogP contribution in [0.5, 0.6) is 0 Å². The zero-order valence-electron chi connectivity index (χ0n) is 18.0. The summed E-state index contributed by atoms with van der Waals surface area (Å²) in [7, 11) is 0. The first-order chi connectivity index (χ1) is 15.1. The van der Waals surface area contributed by atoms with E-state index < -0.39 is 11.5 Å². The largest absolute Gasteiger partial charge is 0.353 e. The molecule has 1 aromatic heterocycles. The molecular weight excluding hydrogens is 436 g/mol. The van der Waals surface area contributed by atoms with Crippen LogP contribution >= 0.6 is 11.6 Å². The summed E-state index contributed by atoms with van der Waals surface area (Å²) in [4.78, 5) is 18.7. The molecule has 6 nitrogen and oxygen atoms in total. The number of amides is 1. The van der Waals surface area contributed by atoms with Crippen molar-refractivity contribution in [2.75, 3.05) is 5.32 Å². The van der Waals surface area contributed by atoms with Crippen molar-refractivity contribution in [1.29, 1.82) is 5.41 Å². The summed E-state index contributed by atoms with van der Waals surface area (Å²) < 4.78 is 27.1. The van der Waals surface area contributed by atoms with Gasteiger partial charge in [-0.15, -0.1) is 0 Å². The molecule has 1 atom stereocenters. The average Bonchev–Trinajstić information content (AvgIpc) is 2.71. The third-order valence-electron chi connectivity index (χ3n) is 6.24. The minimum absolute atomic E-state index is 0.0670. The van der Waals surface area contributed by atoms with E-state index in [2.05, 4.69) is 15.6 Å². The highest BCUT2D eigenvalue weighted by Crippen LogP contribution is 2.40. The summed E-state index contributed by atoms with van der Waals surface area (Å²) in [5.74, 6) is -3.02. The molecule has 2 heterocycles. The highest BCUT2D eigenvalue weighted by atomic mass is 35.5. The Morgan fingerprint density at radius 2 is 1.97 bits per heavy atom. The summed E-state index contributed by atoms with van der Waals surface area (Å²) >= 11 is 6.72. The Morgan fingerprint density at radius 1 is 1.25 bits per heavy atom. The molecule has 4 rings (SSSR count). The third-order valence-corrected chi connectivity index (χ3v) is 6.65. The van der Waals surface area contributed by atoms with Gasteiger partial charge in [0.2, 0.25) is 11.8 Å². The minimum atomic E-state index is -2.69. The Morgan fingerprint density at radius 3 is 2.59 bits per heavy atom. The number of hydrogen-bond acceptors (Lipinski definition) is 4. The van der Waals surface area contributed by atoms with Gasteiger partial charge >= 0.3 is 0 Å². The van der Waals surface area contributed by atoms with Crippen LogP contribution in [0.2, 0.25) is 5.02 Å². The van der Waals surface area contributed by atoms with E-state index >= 15 is 0 Å². The summed E-state index contributed by atoms with van der Waals surface area (Å²) in [6.45, 7) is 3.73. The van der Waals surface area contributed by atoms with Crippen molar-refractivity contribution in [1.82, 2.24) is 15.2 Å². The molecule has 1 aromatic carbocycles. The van der Waals surface area contributed by atoms with E-state index in [9.17, 15) is 13.6 Å². The molecule has 0 spiro atoms. The van der Waals surface area contributed by atoms with E-state index in [1.165, 1.54) is 4.90 Å². The van der Waals surface area contributed by atoms with Crippen molar-refractivity contribution < 1.29 is 13.6 Å². The molecule has 2 aliphatic rings. The van der Waals surface area contributed by atoms with Gasteiger partial charge in [0.1, 0.15) is 0 Å². The SMILES string of the molecule is Cc1ccc(Nc2cccc([C@]3(C)CC(=O)N(C4CCC(F)(F)CC4)C(=N)N3)c2Cl)cn1. The Bertz CT molecular complexity index is 1020. The molecule has 1 aliphatic heterocycles. The van der Waals surface area contributed by atoms with Crippen LogP contribution in [-0.4, -0.2) is 33.7 Å². The van der Waals surface area contributed by atoms with Gasteiger partial charge in [0, 0.05) is 24.6 Å². The van der Waals surface area contributed by atoms with Crippen molar-refractivity contribution in [3.63, 3.8) is 0 Å². The van der Waals surface area contributed by atoms with Crippen LogP contribution in [0.4, 0.5) is 20.2 Å². The predicted octanol–water partition coefficient (Wildman–Crippen LogP) is 5.34. The minimum Gasteiger partial charge on any atom is -0.353 e. The van der Waals surface area contributed by atoms with E-state index in [0.29, 0.717) is 16.3 Å². The quantitative estimate of drug-likeness (QED) is 0.574. The molecule has 1 saturated heterocycles. The Labute approximate surface area is 190 Å². The molecule has 0 radical (unpaired) electrons. The van der Waals surface area contributed by atoms with Gasteiger partial charge < -0.3 is 10.6 Å². The number of guanidine groups is 1. The van der Waals surface area contributed by atoms with Crippen molar-refractivity contribution in [3.8, 4) is 0 Å². The number of benzene rings is 1. The number of halogens is 3. The Balaban J connectivity index is 1.55. The molecule has 2 fully saturated rings.